The highest BCUT2D eigenvalue weighted by atomic mass is 19.1. The molecule has 5 heterocycles. The summed E-state index contributed by atoms with van der Waals surface area (Å²) in [4.78, 5) is 29.2. The third-order valence-corrected chi connectivity index (χ3v) is 9.70. The zero-order valence-corrected chi connectivity index (χ0v) is 28.0. The van der Waals surface area contributed by atoms with Gasteiger partial charge in [0.25, 0.3) is 0 Å². The van der Waals surface area contributed by atoms with Crippen LogP contribution in [-0.4, -0.2) is 96.2 Å². The summed E-state index contributed by atoms with van der Waals surface area (Å²) in [5, 5.41) is 2.91. The number of pyridine rings is 1. The van der Waals surface area contributed by atoms with Crippen LogP contribution in [0.1, 0.15) is 44.1 Å². The average Bonchev–Trinajstić information content (AvgIpc) is 3.48. The molecule has 0 bridgehead atoms. The highest BCUT2D eigenvalue weighted by Crippen LogP contribution is 2.42. The van der Waals surface area contributed by atoms with Crippen LogP contribution in [0.25, 0.3) is 32.9 Å². The number of hydrazine groups is 1. The first-order valence-corrected chi connectivity index (χ1v) is 16.8. The van der Waals surface area contributed by atoms with E-state index in [0.29, 0.717) is 42.6 Å². The van der Waals surface area contributed by atoms with Gasteiger partial charge in [0.2, 0.25) is 6.79 Å². The van der Waals surface area contributed by atoms with E-state index in [2.05, 4.69) is 26.2 Å². The number of hydrogen-bond donors (Lipinski definition) is 1. The van der Waals surface area contributed by atoms with Gasteiger partial charge in [-0.1, -0.05) is 18.4 Å². The van der Waals surface area contributed by atoms with Crippen molar-refractivity contribution < 1.29 is 32.2 Å². The van der Waals surface area contributed by atoms with Crippen LogP contribution in [0.3, 0.4) is 0 Å². The molecule has 262 valence electrons. The predicted octanol–water partition coefficient (Wildman–Crippen LogP) is 5.59. The number of nitrogens with one attached hydrogen (secondary N) is 1. The highest BCUT2D eigenvalue weighted by Gasteiger charge is 2.49. The largest absolute Gasteiger partial charge is 0.461 e. The number of nitrogens with zero attached hydrogens (tertiary/aromatic N) is 6. The zero-order chi connectivity index (χ0) is 35.0. The van der Waals surface area contributed by atoms with E-state index in [0.717, 1.165) is 38.6 Å². The van der Waals surface area contributed by atoms with E-state index >= 15 is 8.78 Å². The molecule has 0 spiro atoms. The molecule has 3 fully saturated rings. The van der Waals surface area contributed by atoms with Crippen LogP contribution in [-0.2, 0) is 4.74 Å². The van der Waals surface area contributed by atoms with Crippen LogP contribution in [0.4, 0.5) is 23.8 Å². The lowest BCUT2D eigenvalue weighted by Gasteiger charge is -2.31. The summed E-state index contributed by atoms with van der Waals surface area (Å²) in [6, 6.07) is 5.74. The number of carbonyl (C=O) groups excluding carboxylic acids is 1. The summed E-state index contributed by atoms with van der Waals surface area (Å²) in [5.74, 6) is 1.54. The quantitative estimate of drug-likeness (QED) is 0.186. The highest BCUT2D eigenvalue weighted by molar-refractivity contribution is 6.03. The third kappa shape index (κ3) is 6.31. The van der Waals surface area contributed by atoms with E-state index in [1.54, 1.807) is 6.07 Å². The van der Waals surface area contributed by atoms with Crippen LogP contribution in [0.5, 0.6) is 11.8 Å². The van der Waals surface area contributed by atoms with Gasteiger partial charge in [-0.05, 0) is 55.8 Å². The monoisotopic (exact) mass is 689 g/mol. The summed E-state index contributed by atoms with van der Waals surface area (Å²) < 4.78 is 63.7. The van der Waals surface area contributed by atoms with Crippen molar-refractivity contribution in [2.24, 2.45) is 0 Å². The van der Waals surface area contributed by atoms with Crippen molar-refractivity contribution in [3.8, 4) is 35.4 Å². The second-order valence-electron chi connectivity index (χ2n) is 13.2. The molecule has 11 nitrogen and oxygen atoms in total. The predicted molar refractivity (Wildman–Crippen MR) is 182 cm³/mol. The van der Waals surface area contributed by atoms with Crippen molar-refractivity contribution in [1.29, 1.82) is 0 Å². The van der Waals surface area contributed by atoms with Gasteiger partial charge in [0, 0.05) is 57.3 Å². The standard InChI is InChI=1S/C36H38F3N7O4/c1-4-25-28(38)10-9-22-15-24(49-21-50-35(47)44(2)3)16-26(29(22)25)31-30(39)32-27(18-40-31)33(46-14-7-5-6-12-41-46)43-34(42-32)48-20-36-11-8-13-45(36)19-23(37)17-36/h1,9-10,15-16,18,23,41H,5-8,11-14,17,19-21H2,2-3H3/t23-,36+/m1/s1. The van der Waals surface area contributed by atoms with Gasteiger partial charge in [-0.2, -0.15) is 9.97 Å². The molecule has 1 N–H and O–H groups in total. The zero-order valence-electron chi connectivity index (χ0n) is 28.0. The van der Waals surface area contributed by atoms with Crippen LogP contribution in [0.2, 0.25) is 0 Å². The normalized spacial score (nSPS) is 20.8. The van der Waals surface area contributed by atoms with Crippen LogP contribution in [0, 0.1) is 24.0 Å². The van der Waals surface area contributed by atoms with Gasteiger partial charge in [0.15, 0.2) is 11.6 Å². The second-order valence-corrected chi connectivity index (χ2v) is 13.2. The molecule has 3 aliphatic heterocycles. The summed E-state index contributed by atoms with van der Waals surface area (Å²) in [5.41, 5.74) is 2.77. The second kappa shape index (κ2) is 13.8. The molecule has 50 heavy (non-hydrogen) atoms. The average molecular weight is 690 g/mol. The van der Waals surface area contributed by atoms with E-state index in [-0.39, 0.29) is 46.1 Å². The lowest BCUT2D eigenvalue weighted by molar-refractivity contribution is 0.0434. The first-order chi connectivity index (χ1) is 24.2. The molecule has 3 aliphatic rings. The molecule has 2 atom stereocenters. The lowest BCUT2D eigenvalue weighted by Crippen LogP contribution is -2.43. The molecule has 1 amide bonds. The fourth-order valence-corrected chi connectivity index (χ4v) is 7.27. The first-order valence-electron chi connectivity index (χ1n) is 16.8. The molecule has 4 aromatic rings. The number of hydrogen-bond acceptors (Lipinski definition) is 10. The Labute approximate surface area is 287 Å². The third-order valence-electron chi connectivity index (χ3n) is 9.70. The maximum Gasteiger partial charge on any atom is 0.412 e. The van der Waals surface area contributed by atoms with E-state index in [1.807, 2.05) is 5.01 Å². The maximum absolute atomic E-state index is 17.0. The number of amides is 1. The summed E-state index contributed by atoms with van der Waals surface area (Å²) >= 11 is 0. The number of fused-ring (bicyclic) bond motifs is 3. The Morgan fingerprint density at radius 2 is 2.00 bits per heavy atom. The topological polar surface area (TPSA) is 105 Å². The molecule has 2 aromatic heterocycles. The van der Waals surface area contributed by atoms with Gasteiger partial charge in [-0.15, -0.1) is 6.42 Å². The smallest absolute Gasteiger partial charge is 0.412 e. The number of benzene rings is 2. The van der Waals surface area contributed by atoms with Crippen LogP contribution < -0.4 is 19.9 Å². The van der Waals surface area contributed by atoms with Gasteiger partial charge in [0.05, 0.1) is 16.5 Å². The van der Waals surface area contributed by atoms with Gasteiger partial charge >= 0.3 is 12.1 Å². The van der Waals surface area contributed by atoms with Crippen molar-refractivity contribution in [2.75, 3.05) is 58.7 Å². The van der Waals surface area contributed by atoms with Crippen molar-refractivity contribution in [3.63, 3.8) is 0 Å². The van der Waals surface area contributed by atoms with Gasteiger partial charge in [-0.3, -0.25) is 14.9 Å². The Kier molecular flexibility index (Phi) is 9.28. The number of terminal acetylenes is 1. The molecule has 7 rings (SSSR count). The van der Waals surface area contributed by atoms with Crippen molar-refractivity contribution >= 4 is 33.6 Å². The molecule has 0 saturated carbocycles. The van der Waals surface area contributed by atoms with Crippen molar-refractivity contribution in [1.82, 2.24) is 30.2 Å². The van der Waals surface area contributed by atoms with E-state index in [4.69, 9.17) is 25.6 Å². The summed E-state index contributed by atoms with van der Waals surface area (Å²) in [6.07, 6.45) is 10.7. The van der Waals surface area contributed by atoms with Crippen molar-refractivity contribution in [3.05, 3.63) is 47.7 Å². The summed E-state index contributed by atoms with van der Waals surface area (Å²) in [6.45, 7) is 2.21. The number of carbonyl (C=O) groups is 1. The lowest BCUT2D eigenvalue weighted by atomic mass is 9.95. The van der Waals surface area contributed by atoms with E-state index < -0.39 is 36.2 Å². The van der Waals surface area contributed by atoms with E-state index in [1.165, 1.54) is 43.4 Å². The fourth-order valence-electron chi connectivity index (χ4n) is 7.27. The van der Waals surface area contributed by atoms with Gasteiger partial charge in [-0.25, -0.2) is 23.4 Å². The fraction of sp³-hybridized carbons (Fsp3) is 0.444. The minimum atomic E-state index is -0.938. The number of aromatic nitrogens is 3. The van der Waals surface area contributed by atoms with Crippen LogP contribution >= 0.6 is 0 Å². The molecule has 0 aliphatic carbocycles. The van der Waals surface area contributed by atoms with Gasteiger partial charge in [0.1, 0.15) is 35.6 Å². The number of anilines is 1. The molecule has 14 heteroatoms. The SMILES string of the molecule is C#Cc1c(F)ccc2cc(OCOC(=O)N(C)C)cc(-c3ncc4c(N5CCCCCN5)nc(OC[C@@]56CCCN5C[C@H](F)C6)nc4c3F)c12. The number of halogens is 3. The molecule has 3 saturated heterocycles. The Balaban J connectivity index is 1.34. The first kappa shape index (κ1) is 33.6. The minimum Gasteiger partial charge on any atom is -0.461 e. The Bertz CT molecular complexity index is 1980. The van der Waals surface area contributed by atoms with Gasteiger partial charge < -0.3 is 19.1 Å². The maximum atomic E-state index is 17.0. The number of alkyl halides is 1. The molecular formula is C36H38F3N7O4. The summed E-state index contributed by atoms with van der Waals surface area (Å²) in [7, 11) is 3.07. The Morgan fingerprint density at radius 1 is 1.14 bits per heavy atom. The molecule has 0 radical (unpaired) electrons. The van der Waals surface area contributed by atoms with Crippen LogP contribution in [0.15, 0.2) is 30.5 Å². The Morgan fingerprint density at radius 3 is 2.82 bits per heavy atom. The molecule has 0 unspecified atom stereocenters. The molecule has 2 aromatic carbocycles. The Hall–Kier alpha value is -4.87. The minimum absolute atomic E-state index is 0.0434. The van der Waals surface area contributed by atoms with Crippen molar-refractivity contribution in [2.45, 2.75) is 50.2 Å². The van der Waals surface area contributed by atoms with E-state index in [9.17, 15) is 9.18 Å². The molecular weight excluding hydrogens is 651 g/mol. The number of ether oxygens (including phenoxy) is 3. The number of rotatable bonds is 8.